The minimum Gasteiger partial charge on any atom is -0.497 e. The average molecular weight is 257 g/mol. The fourth-order valence-corrected chi connectivity index (χ4v) is 1.93. The summed E-state index contributed by atoms with van der Waals surface area (Å²) < 4.78 is 5.15. The van der Waals surface area contributed by atoms with Gasteiger partial charge in [-0.2, -0.15) is 0 Å². The van der Waals surface area contributed by atoms with Crippen molar-refractivity contribution < 1.29 is 4.74 Å². The Morgan fingerprint density at radius 1 is 1.26 bits per heavy atom. The van der Waals surface area contributed by atoms with Gasteiger partial charge in [-0.1, -0.05) is 12.1 Å². The number of aromatic nitrogens is 1. The highest BCUT2D eigenvalue weighted by atomic mass is 16.5. The zero-order valence-electron chi connectivity index (χ0n) is 11.5. The van der Waals surface area contributed by atoms with E-state index in [9.17, 15) is 0 Å². The maximum absolute atomic E-state index is 5.70. The van der Waals surface area contributed by atoms with Crippen LogP contribution < -0.4 is 15.8 Å². The largest absolute Gasteiger partial charge is 0.497 e. The molecule has 0 aliphatic carbocycles. The highest BCUT2D eigenvalue weighted by Gasteiger charge is 2.08. The van der Waals surface area contributed by atoms with Crippen LogP contribution in [0.25, 0.3) is 0 Å². The fourth-order valence-electron chi connectivity index (χ4n) is 1.93. The maximum atomic E-state index is 5.70. The van der Waals surface area contributed by atoms with Gasteiger partial charge in [0.2, 0.25) is 0 Å². The number of aryl methyl sites for hydroxylation is 1. The number of ether oxygens (including phenoxy) is 1. The van der Waals surface area contributed by atoms with Gasteiger partial charge in [0.05, 0.1) is 19.0 Å². The van der Waals surface area contributed by atoms with Crippen molar-refractivity contribution in [1.82, 2.24) is 4.98 Å². The molecule has 1 aromatic heterocycles. The first-order valence-electron chi connectivity index (χ1n) is 6.22. The third kappa shape index (κ3) is 3.16. The summed E-state index contributed by atoms with van der Waals surface area (Å²) in [5.74, 6) is 1.72. The Labute approximate surface area is 113 Å². The van der Waals surface area contributed by atoms with Gasteiger partial charge in [-0.15, -0.1) is 0 Å². The number of nitrogens with zero attached hydrogens (tertiary/aromatic N) is 1. The monoisotopic (exact) mass is 257 g/mol. The molecule has 2 rings (SSSR count). The first kappa shape index (κ1) is 13.2. The standard InChI is InChI=1S/C15H19N3O/c1-10-8-13(16)9-17-15(10)18-11(2)12-4-6-14(19-3)7-5-12/h4-9,11H,16H2,1-3H3,(H,17,18). The van der Waals surface area contributed by atoms with E-state index in [0.717, 1.165) is 17.1 Å². The van der Waals surface area contributed by atoms with Crippen LogP contribution in [-0.2, 0) is 0 Å². The molecule has 0 radical (unpaired) electrons. The summed E-state index contributed by atoms with van der Waals surface area (Å²) in [6.07, 6.45) is 1.66. The average Bonchev–Trinajstić information content (AvgIpc) is 2.42. The highest BCUT2D eigenvalue weighted by Crippen LogP contribution is 2.23. The molecule has 1 aromatic carbocycles. The minimum atomic E-state index is 0.167. The predicted octanol–water partition coefficient (Wildman–Crippen LogP) is 3.15. The van der Waals surface area contributed by atoms with Crippen LogP contribution in [0.15, 0.2) is 36.5 Å². The third-order valence-electron chi connectivity index (χ3n) is 3.07. The van der Waals surface area contributed by atoms with E-state index >= 15 is 0 Å². The molecular weight excluding hydrogens is 238 g/mol. The molecule has 1 heterocycles. The first-order valence-corrected chi connectivity index (χ1v) is 6.22. The lowest BCUT2D eigenvalue weighted by Gasteiger charge is -2.17. The molecule has 0 saturated heterocycles. The molecule has 4 heteroatoms. The third-order valence-corrected chi connectivity index (χ3v) is 3.07. The molecule has 0 amide bonds. The maximum Gasteiger partial charge on any atom is 0.129 e. The van der Waals surface area contributed by atoms with Crippen molar-refractivity contribution in [1.29, 1.82) is 0 Å². The molecule has 100 valence electrons. The number of nitrogen functional groups attached to an aromatic ring is 1. The molecule has 0 fully saturated rings. The summed E-state index contributed by atoms with van der Waals surface area (Å²) in [6.45, 7) is 4.09. The van der Waals surface area contributed by atoms with Gasteiger partial charge in [0, 0.05) is 6.04 Å². The molecule has 0 spiro atoms. The van der Waals surface area contributed by atoms with Gasteiger partial charge in [0.15, 0.2) is 0 Å². The number of nitrogens with two attached hydrogens (primary N) is 1. The topological polar surface area (TPSA) is 60.2 Å². The number of hydrogen-bond acceptors (Lipinski definition) is 4. The van der Waals surface area contributed by atoms with E-state index in [1.54, 1.807) is 13.3 Å². The summed E-state index contributed by atoms with van der Waals surface area (Å²) in [7, 11) is 1.67. The SMILES string of the molecule is COc1ccc(C(C)Nc2ncc(N)cc2C)cc1. The number of pyridine rings is 1. The molecule has 4 nitrogen and oxygen atoms in total. The summed E-state index contributed by atoms with van der Waals surface area (Å²) in [4.78, 5) is 4.32. The van der Waals surface area contributed by atoms with E-state index in [2.05, 4.69) is 17.2 Å². The van der Waals surface area contributed by atoms with Crippen LogP contribution >= 0.6 is 0 Å². The van der Waals surface area contributed by atoms with Crippen molar-refractivity contribution in [3.63, 3.8) is 0 Å². The molecule has 0 bridgehead atoms. The normalized spacial score (nSPS) is 11.9. The molecule has 1 unspecified atom stereocenters. The molecule has 0 saturated carbocycles. The van der Waals surface area contributed by atoms with E-state index in [0.29, 0.717) is 5.69 Å². The first-order chi connectivity index (χ1) is 9.10. The summed E-state index contributed by atoms with van der Waals surface area (Å²) in [5, 5.41) is 3.38. The van der Waals surface area contributed by atoms with Gasteiger partial charge >= 0.3 is 0 Å². The molecule has 2 aromatic rings. The van der Waals surface area contributed by atoms with E-state index in [1.807, 2.05) is 37.3 Å². The second kappa shape index (κ2) is 5.61. The zero-order valence-corrected chi connectivity index (χ0v) is 11.5. The number of hydrogen-bond donors (Lipinski definition) is 2. The molecule has 0 aliphatic rings. The lowest BCUT2D eigenvalue weighted by Crippen LogP contribution is -2.09. The van der Waals surface area contributed by atoms with Crippen molar-refractivity contribution in [3.05, 3.63) is 47.7 Å². The van der Waals surface area contributed by atoms with Crippen molar-refractivity contribution in [2.75, 3.05) is 18.2 Å². The van der Waals surface area contributed by atoms with E-state index in [1.165, 1.54) is 5.56 Å². The lowest BCUT2D eigenvalue weighted by molar-refractivity contribution is 0.414. The number of methoxy groups -OCH3 is 1. The van der Waals surface area contributed by atoms with Crippen molar-refractivity contribution in [2.24, 2.45) is 0 Å². The predicted molar refractivity (Wildman–Crippen MR) is 78.4 cm³/mol. The van der Waals surface area contributed by atoms with Gasteiger partial charge in [-0.05, 0) is 43.2 Å². The second-order valence-corrected chi connectivity index (χ2v) is 4.57. The van der Waals surface area contributed by atoms with Gasteiger partial charge in [-0.3, -0.25) is 0 Å². The Balaban J connectivity index is 2.13. The van der Waals surface area contributed by atoms with Crippen LogP contribution in [0, 0.1) is 6.92 Å². The van der Waals surface area contributed by atoms with Crippen LogP contribution in [0.3, 0.4) is 0 Å². The molecular formula is C15H19N3O. The smallest absolute Gasteiger partial charge is 0.129 e. The van der Waals surface area contributed by atoms with Crippen LogP contribution in [-0.4, -0.2) is 12.1 Å². The lowest BCUT2D eigenvalue weighted by atomic mass is 10.1. The minimum absolute atomic E-state index is 0.167. The fraction of sp³-hybridized carbons (Fsp3) is 0.267. The van der Waals surface area contributed by atoms with Gasteiger partial charge in [0.25, 0.3) is 0 Å². The Kier molecular flexibility index (Phi) is 3.90. The van der Waals surface area contributed by atoms with Crippen molar-refractivity contribution in [3.8, 4) is 5.75 Å². The molecule has 0 aliphatic heterocycles. The Hall–Kier alpha value is -2.23. The van der Waals surface area contributed by atoms with Crippen LogP contribution in [0.1, 0.15) is 24.1 Å². The summed E-state index contributed by atoms with van der Waals surface area (Å²) in [6, 6.07) is 10.1. The Bertz CT molecular complexity index is 552. The molecule has 3 N–H and O–H groups in total. The number of benzene rings is 1. The van der Waals surface area contributed by atoms with Crippen LogP contribution in [0.5, 0.6) is 5.75 Å². The Morgan fingerprint density at radius 2 is 1.95 bits per heavy atom. The second-order valence-electron chi connectivity index (χ2n) is 4.57. The zero-order chi connectivity index (χ0) is 13.8. The van der Waals surface area contributed by atoms with E-state index in [4.69, 9.17) is 10.5 Å². The molecule has 1 atom stereocenters. The number of nitrogens with one attached hydrogen (secondary N) is 1. The number of anilines is 2. The van der Waals surface area contributed by atoms with Gasteiger partial charge in [-0.25, -0.2) is 4.98 Å². The molecule has 19 heavy (non-hydrogen) atoms. The quantitative estimate of drug-likeness (QED) is 0.883. The number of rotatable bonds is 4. The van der Waals surface area contributed by atoms with Crippen LogP contribution in [0.2, 0.25) is 0 Å². The van der Waals surface area contributed by atoms with Gasteiger partial charge in [0.1, 0.15) is 11.6 Å². The summed E-state index contributed by atoms with van der Waals surface area (Å²) in [5.41, 5.74) is 8.60. The van der Waals surface area contributed by atoms with E-state index < -0.39 is 0 Å². The van der Waals surface area contributed by atoms with E-state index in [-0.39, 0.29) is 6.04 Å². The highest BCUT2D eigenvalue weighted by molar-refractivity contribution is 5.52. The summed E-state index contributed by atoms with van der Waals surface area (Å²) >= 11 is 0. The van der Waals surface area contributed by atoms with Crippen molar-refractivity contribution in [2.45, 2.75) is 19.9 Å². The van der Waals surface area contributed by atoms with Gasteiger partial charge < -0.3 is 15.8 Å². The Morgan fingerprint density at radius 3 is 2.53 bits per heavy atom. The van der Waals surface area contributed by atoms with Crippen LogP contribution in [0.4, 0.5) is 11.5 Å². The van der Waals surface area contributed by atoms with Crippen molar-refractivity contribution >= 4 is 11.5 Å².